The maximum atomic E-state index is 12.3. The molecule has 0 bridgehead atoms. The second-order valence-electron chi connectivity index (χ2n) is 3.56. The molecule has 1 rings (SSSR count). The van der Waals surface area contributed by atoms with E-state index in [1.807, 2.05) is 0 Å². The minimum absolute atomic E-state index is 0.112. The number of amides is 1. The number of hydrogen-bond donors (Lipinski definition) is 2. The predicted molar refractivity (Wildman–Crippen MR) is 69.2 cm³/mol. The molecule has 0 heterocycles. The van der Waals surface area contributed by atoms with Crippen molar-refractivity contribution in [1.29, 1.82) is 5.41 Å². The van der Waals surface area contributed by atoms with Gasteiger partial charge >= 0.3 is 6.18 Å². The molecule has 1 amide bonds. The van der Waals surface area contributed by atoms with Crippen LogP contribution in [0.1, 0.15) is 11.1 Å². The molecule has 0 aromatic heterocycles. The van der Waals surface area contributed by atoms with E-state index in [4.69, 9.17) is 22.7 Å². The van der Waals surface area contributed by atoms with Crippen LogP contribution in [0, 0.1) is 17.3 Å². The summed E-state index contributed by atoms with van der Waals surface area (Å²) in [4.78, 5) is 10.8. The molecule has 0 saturated heterocycles. The molecule has 0 saturated carbocycles. The average Bonchev–Trinajstić information content (AvgIpc) is 2.38. The molecular weight excluding hydrogens is 293 g/mol. The van der Waals surface area contributed by atoms with Crippen LogP contribution in [0.2, 0.25) is 0 Å². The Hall–Kier alpha value is -2.26. The molecule has 0 unspecified atom stereocenters. The predicted octanol–water partition coefficient (Wildman–Crippen LogP) is 2.68. The van der Waals surface area contributed by atoms with Gasteiger partial charge in [-0.25, -0.2) is 0 Å². The highest BCUT2D eigenvalue weighted by Crippen LogP contribution is 2.28. The fourth-order valence-electron chi connectivity index (χ4n) is 1.17. The van der Waals surface area contributed by atoms with E-state index in [-0.39, 0.29) is 11.1 Å². The summed E-state index contributed by atoms with van der Waals surface area (Å²) >= 11 is 5.54. The Labute approximate surface area is 117 Å². The minimum atomic E-state index is -4.42. The number of benzene rings is 1. The summed E-state index contributed by atoms with van der Waals surface area (Å²) in [5.74, 6) is 3.95. The Morgan fingerprint density at radius 3 is 2.25 bits per heavy atom. The van der Waals surface area contributed by atoms with Crippen molar-refractivity contribution in [2.75, 3.05) is 0 Å². The highest BCUT2D eigenvalue weighted by atomic mass is 35.5. The first-order valence-corrected chi connectivity index (χ1v) is 5.53. The lowest BCUT2D eigenvalue weighted by molar-refractivity contribution is -0.137. The highest BCUT2D eigenvalue weighted by molar-refractivity contribution is 6.43. The van der Waals surface area contributed by atoms with Crippen LogP contribution in [-0.2, 0) is 11.0 Å². The van der Waals surface area contributed by atoms with Gasteiger partial charge in [0.1, 0.15) is 5.03 Å². The first-order chi connectivity index (χ1) is 9.25. The molecule has 0 radical (unpaired) electrons. The number of allylic oxidation sites excluding steroid dienone is 1. The topological polar surface area (TPSA) is 66.9 Å². The van der Waals surface area contributed by atoms with Gasteiger partial charge in [0, 0.05) is 11.8 Å². The second kappa shape index (κ2) is 6.26. The summed E-state index contributed by atoms with van der Waals surface area (Å²) in [5.41, 5.74) is 4.31. The molecule has 104 valence electrons. The van der Waals surface area contributed by atoms with Crippen molar-refractivity contribution >= 4 is 23.7 Å². The number of rotatable bonds is 2. The largest absolute Gasteiger partial charge is 0.416 e. The molecule has 0 aliphatic carbocycles. The number of carbonyl (C=O) groups excluding carboxylic acids is 1. The Bertz CT molecular complexity index is 622. The zero-order chi connectivity index (χ0) is 15.3. The molecule has 0 fully saturated rings. The molecule has 0 spiro atoms. The molecule has 0 aliphatic heterocycles. The van der Waals surface area contributed by atoms with Crippen LogP contribution in [0.25, 0.3) is 0 Å². The third-order valence-electron chi connectivity index (χ3n) is 2.15. The fourth-order valence-corrected chi connectivity index (χ4v) is 1.27. The van der Waals surface area contributed by atoms with Crippen LogP contribution in [-0.4, -0.2) is 12.1 Å². The third kappa shape index (κ3) is 4.14. The average molecular weight is 301 g/mol. The van der Waals surface area contributed by atoms with Crippen LogP contribution in [0.5, 0.6) is 0 Å². The lowest BCUT2D eigenvalue weighted by Crippen LogP contribution is -2.12. The maximum Gasteiger partial charge on any atom is 0.416 e. The SMILES string of the molecule is N=C/C(C#Cc1ccc(C(F)(F)F)cc1)=C(/Cl)C(N)=O. The van der Waals surface area contributed by atoms with Crippen LogP contribution in [0.15, 0.2) is 34.9 Å². The van der Waals surface area contributed by atoms with E-state index >= 15 is 0 Å². The number of hydrogen-bond acceptors (Lipinski definition) is 2. The van der Waals surface area contributed by atoms with Crippen molar-refractivity contribution < 1.29 is 18.0 Å². The van der Waals surface area contributed by atoms with E-state index < -0.39 is 22.7 Å². The van der Waals surface area contributed by atoms with Gasteiger partial charge in [-0.1, -0.05) is 23.4 Å². The first kappa shape index (κ1) is 15.8. The van der Waals surface area contributed by atoms with Gasteiger partial charge in [0.05, 0.1) is 11.1 Å². The van der Waals surface area contributed by atoms with Crippen molar-refractivity contribution in [3.63, 3.8) is 0 Å². The van der Waals surface area contributed by atoms with Crippen molar-refractivity contribution in [2.24, 2.45) is 5.73 Å². The lowest BCUT2D eigenvalue weighted by Gasteiger charge is -2.05. The molecule has 20 heavy (non-hydrogen) atoms. The van der Waals surface area contributed by atoms with Gasteiger partial charge in [0.25, 0.3) is 5.91 Å². The fraction of sp³-hybridized carbons (Fsp3) is 0.0769. The Morgan fingerprint density at radius 2 is 1.85 bits per heavy atom. The Balaban J connectivity index is 3.07. The van der Waals surface area contributed by atoms with Gasteiger partial charge < -0.3 is 11.1 Å². The van der Waals surface area contributed by atoms with Gasteiger partial charge in [-0.05, 0) is 24.3 Å². The maximum absolute atomic E-state index is 12.3. The first-order valence-electron chi connectivity index (χ1n) is 5.15. The highest BCUT2D eigenvalue weighted by Gasteiger charge is 2.29. The van der Waals surface area contributed by atoms with Gasteiger partial charge in [0.2, 0.25) is 0 Å². The van der Waals surface area contributed by atoms with E-state index in [1.165, 1.54) is 12.1 Å². The standard InChI is InChI=1S/C13H8ClF3N2O/c14-11(12(19)20)9(7-18)4-1-8-2-5-10(6-3-8)13(15,16)17/h2-3,5-7,18H,(H2,19,20)/b11-9+,18-7?. The number of nitrogens with two attached hydrogens (primary N) is 1. The summed E-state index contributed by atoms with van der Waals surface area (Å²) in [6.07, 6.45) is -3.68. The molecule has 1 aromatic carbocycles. The summed E-state index contributed by atoms with van der Waals surface area (Å²) in [5, 5.41) is 6.64. The zero-order valence-corrected chi connectivity index (χ0v) is 10.6. The molecule has 0 atom stereocenters. The molecule has 7 heteroatoms. The molecule has 1 aromatic rings. The lowest BCUT2D eigenvalue weighted by atomic mass is 10.1. The number of primary amides is 1. The van der Waals surface area contributed by atoms with Gasteiger partial charge in [-0.2, -0.15) is 13.2 Å². The number of carbonyl (C=O) groups is 1. The molecule has 3 nitrogen and oxygen atoms in total. The van der Waals surface area contributed by atoms with Crippen molar-refractivity contribution in [1.82, 2.24) is 0 Å². The molecular formula is C13H8ClF3N2O. The van der Waals surface area contributed by atoms with Crippen LogP contribution in [0.4, 0.5) is 13.2 Å². The minimum Gasteiger partial charge on any atom is -0.365 e. The van der Waals surface area contributed by atoms with Gasteiger partial charge in [-0.3, -0.25) is 4.79 Å². The Morgan fingerprint density at radius 1 is 1.30 bits per heavy atom. The third-order valence-corrected chi connectivity index (χ3v) is 2.54. The van der Waals surface area contributed by atoms with Crippen molar-refractivity contribution in [2.45, 2.75) is 6.18 Å². The quantitative estimate of drug-likeness (QED) is 0.492. The number of alkyl halides is 3. The summed E-state index contributed by atoms with van der Waals surface area (Å²) in [6.45, 7) is 0. The molecule has 0 aliphatic rings. The van der Waals surface area contributed by atoms with E-state index in [9.17, 15) is 18.0 Å². The van der Waals surface area contributed by atoms with Crippen molar-refractivity contribution in [3.8, 4) is 11.8 Å². The monoisotopic (exact) mass is 300 g/mol. The Kier molecular flexibility index (Phi) is 4.94. The number of nitrogens with one attached hydrogen (secondary N) is 1. The summed E-state index contributed by atoms with van der Waals surface area (Å²) in [7, 11) is 0. The van der Waals surface area contributed by atoms with E-state index in [2.05, 4.69) is 11.8 Å². The summed E-state index contributed by atoms with van der Waals surface area (Å²) < 4.78 is 37.0. The van der Waals surface area contributed by atoms with Gasteiger partial charge in [0.15, 0.2) is 0 Å². The normalized spacial score (nSPS) is 12.0. The number of halogens is 4. The van der Waals surface area contributed by atoms with E-state index in [0.29, 0.717) is 0 Å². The van der Waals surface area contributed by atoms with Crippen LogP contribution in [0.3, 0.4) is 0 Å². The second-order valence-corrected chi connectivity index (χ2v) is 3.94. The van der Waals surface area contributed by atoms with Crippen molar-refractivity contribution in [3.05, 3.63) is 46.0 Å². The zero-order valence-electron chi connectivity index (χ0n) is 9.88. The van der Waals surface area contributed by atoms with E-state index in [1.54, 1.807) is 0 Å². The smallest absolute Gasteiger partial charge is 0.365 e. The molecule has 3 N–H and O–H groups in total. The van der Waals surface area contributed by atoms with Crippen LogP contribution < -0.4 is 5.73 Å². The summed E-state index contributed by atoms with van der Waals surface area (Å²) in [6, 6.07) is 4.12. The van der Waals surface area contributed by atoms with E-state index in [0.717, 1.165) is 18.3 Å². The van der Waals surface area contributed by atoms with Gasteiger partial charge in [-0.15, -0.1) is 0 Å². The van der Waals surface area contributed by atoms with Crippen LogP contribution >= 0.6 is 11.6 Å².